The molecular formula is C25H21FN2O5. The second-order valence-electron chi connectivity index (χ2n) is 7.81. The molecular weight excluding hydrogens is 427 g/mol. The number of primary amides is 1. The quantitative estimate of drug-likeness (QED) is 0.446. The molecule has 0 aliphatic rings. The van der Waals surface area contributed by atoms with Crippen molar-refractivity contribution in [3.8, 4) is 0 Å². The summed E-state index contributed by atoms with van der Waals surface area (Å²) < 4.78 is 21.3. The Bertz CT molecular complexity index is 1410. The third-order valence-electron chi connectivity index (χ3n) is 5.78. The highest BCUT2D eigenvalue weighted by molar-refractivity contribution is 6.06. The van der Waals surface area contributed by atoms with Gasteiger partial charge in [-0.3, -0.25) is 9.59 Å². The molecule has 0 spiro atoms. The van der Waals surface area contributed by atoms with E-state index in [4.69, 9.17) is 10.2 Å². The number of nitrogens with two attached hydrogens (primary N) is 1. The summed E-state index contributed by atoms with van der Waals surface area (Å²) in [6.07, 6.45) is 2.73. The Labute approximate surface area is 187 Å². The normalized spacial score (nSPS) is 12.1. The lowest BCUT2D eigenvalue weighted by Crippen LogP contribution is -2.28. The van der Waals surface area contributed by atoms with Gasteiger partial charge < -0.3 is 19.8 Å². The minimum Gasteiger partial charge on any atom is -0.478 e. The number of halogens is 1. The number of fused-ring (bicyclic) bond motifs is 1. The number of aromatic nitrogens is 1. The van der Waals surface area contributed by atoms with Crippen LogP contribution in [0, 0.1) is 12.7 Å². The van der Waals surface area contributed by atoms with Gasteiger partial charge in [-0.05, 0) is 30.2 Å². The largest absolute Gasteiger partial charge is 0.478 e. The van der Waals surface area contributed by atoms with Gasteiger partial charge in [-0.2, -0.15) is 0 Å². The average Bonchev–Trinajstić information content (AvgIpc) is 3.29. The van der Waals surface area contributed by atoms with E-state index in [0.29, 0.717) is 16.7 Å². The molecule has 0 radical (unpaired) electrons. The zero-order valence-corrected chi connectivity index (χ0v) is 17.7. The zero-order valence-electron chi connectivity index (χ0n) is 17.7. The number of hydrogen-bond acceptors (Lipinski definition) is 4. The van der Waals surface area contributed by atoms with E-state index in [1.807, 2.05) is 0 Å². The van der Waals surface area contributed by atoms with Crippen molar-refractivity contribution in [1.82, 2.24) is 4.57 Å². The summed E-state index contributed by atoms with van der Waals surface area (Å²) in [6.45, 7) is 1.52. The van der Waals surface area contributed by atoms with Crippen molar-refractivity contribution in [3.63, 3.8) is 0 Å². The molecule has 7 nitrogen and oxygen atoms in total. The van der Waals surface area contributed by atoms with Gasteiger partial charge in [-0.25, -0.2) is 9.18 Å². The number of carboxylic acids is 1. The molecule has 2 heterocycles. The number of rotatable bonds is 7. The molecule has 0 fully saturated rings. The Morgan fingerprint density at radius 1 is 1.12 bits per heavy atom. The number of carboxylic acid groups (broad SMARTS) is 1. The van der Waals surface area contributed by atoms with Crippen LogP contribution in [0.15, 0.2) is 70.3 Å². The van der Waals surface area contributed by atoms with E-state index in [1.165, 1.54) is 30.1 Å². The van der Waals surface area contributed by atoms with Crippen LogP contribution in [0.2, 0.25) is 0 Å². The fourth-order valence-corrected chi connectivity index (χ4v) is 4.28. The Morgan fingerprint density at radius 3 is 2.45 bits per heavy atom. The summed E-state index contributed by atoms with van der Waals surface area (Å²) in [5.74, 6) is -3.42. The van der Waals surface area contributed by atoms with E-state index in [1.54, 1.807) is 36.4 Å². The van der Waals surface area contributed by atoms with Crippen molar-refractivity contribution in [3.05, 3.63) is 105 Å². The first kappa shape index (κ1) is 22.0. The van der Waals surface area contributed by atoms with Gasteiger partial charge >= 0.3 is 5.97 Å². The van der Waals surface area contributed by atoms with Crippen molar-refractivity contribution in [2.45, 2.75) is 25.8 Å². The average molecular weight is 448 g/mol. The predicted octanol–water partition coefficient (Wildman–Crippen LogP) is 3.80. The van der Waals surface area contributed by atoms with Crippen LogP contribution in [0.25, 0.3) is 10.8 Å². The van der Waals surface area contributed by atoms with Gasteiger partial charge in [0.1, 0.15) is 5.82 Å². The number of carbonyl (C=O) groups excluding carboxylic acids is 1. The van der Waals surface area contributed by atoms with Gasteiger partial charge in [-0.15, -0.1) is 0 Å². The van der Waals surface area contributed by atoms with Crippen LogP contribution in [0.4, 0.5) is 4.39 Å². The number of hydrogen-bond donors (Lipinski definition) is 2. The zero-order chi connectivity index (χ0) is 23.7. The maximum Gasteiger partial charge on any atom is 0.338 e. The Balaban J connectivity index is 2.09. The van der Waals surface area contributed by atoms with Gasteiger partial charge in [0.2, 0.25) is 5.91 Å². The van der Waals surface area contributed by atoms with E-state index >= 15 is 4.39 Å². The first-order valence-corrected chi connectivity index (χ1v) is 10.2. The number of aromatic carboxylic acids is 1. The lowest BCUT2D eigenvalue weighted by Gasteiger charge is -2.22. The molecule has 2 aromatic carbocycles. The fourth-order valence-electron chi connectivity index (χ4n) is 4.28. The van der Waals surface area contributed by atoms with Crippen LogP contribution < -0.4 is 11.3 Å². The van der Waals surface area contributed by atoms with Gasteiger partial charge in [0, 0.05) is 29.0 Å². The van der Waals surface area contributed by atoms with Crippen LogP contribution in [0.3, 0.4) is 0 Å². The molecule has 0 saturated carbocycles. The first-order valence-electron chi connectivity index (χ1n) is 10.2. The highest BCUT2D eigenvalue weighted by Crippen LogP contribution is 2.36. The third kappa shape index (κ3) is 4.03. The summed E-state index contributed by atoms with van der Waals surface area (Å²) in [5, 5.41) is 9.74. The Kier molecular flexibility index (Phi) is 5.83. The monoisotopic (exact) mass is 448 g/mol. The molecule has 0 unspecified atom stereocenters. The van der Waals surface area contributed by atoms with Crippen LogP contribution in [-0.2, 0) is 11.3 Å². The lowest BCUT2D eigenvalue weighted by molar-refractivity contribution is -0.118. The molecule has 1 amide bonds. The maximum atomic E-state index is 15.1. The fraction of sp³-hybridized carbons (Fsp3) is 0.160. The molecule has 33 heavy (non-hydrogen) atoms. The molecule has 0 aliphatic heterocycles. The number of pyridine rings is 1. The second-order valence-corrected chi connectivity index (χ2v) is 7.81. The maximum absolute atomic E-state index is 15.1. The Morgan fingerprint density at radius 2 is 1.85 bits per heavy atom. The standard InChI is InChI=1S/C25H21FN2O5/c1-14-21(25(31)32)22-17(18(11-20(27)29)16-5-3-2-4-6-16)7-8-19(26)23(22)24(30)28(14)12-15-9-10-33-13-15/h2-10,13,18H,11-12H2,1H3,(H2,27,29)(H,31,32)/t18-/m0/s1. The summed E-state index contributed by atoms with van der Waals surface area (Å²) in [7, 11) is 0. The number of carbonyl (C=O) groups is 2. The topological polar surface area (TPSA) is 116 Å². The SMILES string of the molecule is Cc1c(C(=O)O)c2c([C@@H](CC(N)=O)c3ccccc3)ccc(F)c2c(=O)n1Cc1ccoc1. The number of furan rings is 1. The Hall–Kier alpha value is -4.20. The summed E-state index contributed by atoms with van der Waals surface area (Å²) >= 11 is 0. The number of amides is 1. The van der Waals surface area contributed by atoms with Gasteiger partial charge in [0.15, 0.2) is 0 Å². The molecule has 8 heteroatoms. The molecule has 2 aromatic heterocycles. The van der Waals surface area contributed by atoms with E-state index in [2.05, 4.69) is 0 Å². The molecule has 0 bridgehead atoms. The lowest BCUT2D eigenvalue weighted by atomic mass is 9.84. The van der Waals surface area contributed by atoms with E-state index in [9.17, 15) is 19.5 Å². The molecule has 1 atom stereocenters. The minimum atomic E-state index is -1.31. The minimum absolute atomic E-state index is 0.0183. The van der Waals surface area contributed by atoms with Crippen LogP contribution in [0.1, 0.15) is 45.1 Å². The second kappa shape index (κ2) is 8.74. The summed E-state index contributed by atoms with van der Waals surface area (Å²) in [6, 6.07) is 13.1. The van der Waals surface area contributed by atoms with Crippen molar-refractivity contribution in [2.75, 3.05) is 0 Å². The molecule has 3 N–H and O–H groups in total. The smallest absolute Gasteiger partial charge is 0.338 e. The van der Waals surface area contributed by atoms with Crippen molar-refractivity contribution < 1.29 is 23.5 Å². The van der Waals surface area contributed by atoms with Crippen molar-refractivity contribution in [1.29, 1.82) is 0 Å². The predicted molar refractivity (Wildman–Crippen MR) is 120 cm³/mol. The molecule has 0 aliphatic carbocycles. The van der Waals surface area contributed by atoms with Crippen LogP contribution >= 0.6 is 0 Å². The van der Waals surface area contributed by atoms with Crippen LogP contribution in [0.5, 0.6) is 0 Å². The first-order chi connectivity index (χ1) is 15.8. The molecule has 4 aromatic rings. The number of nitrogens with zero attached hydrogens (tertiary/aromatic N) is 1. The summed E-state index contributed by atoms with van der Waals surface area (Å²) in [5.41, 5.74) is 6.47. The van der Waals surface area contributed by atoms with Gasteiger partial charge in [-0.1, -0.05) is 36.4 Å². The molecule has 0 saturated heterocycles. The van der Waals surface area contributed by atoms with E-state index in [-0.39, 0.29) is 35.0 Å². The van der Waals surface area contributed by atoms with E-state index < -0.39 is 29.2 Å². The van der Waals surface area contributed by atoms with Gasteiger partial charge in [0.05, 0.1) is 30.0 Å². The van der Waals surface area contributed by atoms with Crippen LogP contribution in [-0.4, -0.2) is 21.6 Å². The van der Waals surface area contributed by atoms with Gasteiger partial charge in [0.25, 0.3) is 5.56 Å². The third-order valence-corrected chi connectivity index (χ3v) is 5.78. The van der Waals surface area contributed by atoms with Crippen molar-refractivity contribution >= 4 is 22.6 Å². The molecule has 4 rings (SSSR count). The summed E-state index contributed by atoms with van der Waals surface area (Å²) in [4.78, 5) is 37.7. The number of benzene rings is 2. The van der Waals surface area contributed by atoms with Crippen molar-refractivity contribution in [2.24, 2.45) is 5.73 Å². The highest BCUT2D eigenvalue weighted by Gasteiger charge is 2.28. The molecule has 168 valence electrons. The van der Waals surface area contributed by atoms with E-state index in [0.717, 1.165) is 6.07 Å². The highest BCUT2D eigenvalue weighted by atomic mass is 19.1.